The lowest BCUT2D eigenvalue weighted by atomic mass is 10.2. The van der Waals surface area contributed by atoms with E-state index >= 15 is 0 Å². The highest BCUT2D eigenvalue weighted by Crippen LogP contribution is 2.30. The highest BCUT2D eigenvalue weighted by molar-refractivity contribution is 9.10. The maximum Gasteiger partial charge on any atom is 0.242 e. The molecule has 8 heteroatoms. The third kappa shape index (κ3) is 4.82. The molecule has 1 saturated carbocycles. The number of amides is 1. The molecular formula is C17H16BrClN2O3S. The Labute approximate surface area is 160 Å². The number of benzene rings is 2. The van der Waals surface area contributed by atoms with Crippen LogP contribution in [0, 0.1) is 5.92 Å². The molecule has 2 aromatic rings. The second kappa shape index (κ2) is 7.45. The summed E-state index contributed by atoms with van der Waals surface area (Å²) in [5.41, 5.74) is 1.49. The first kappa shape index (κ1) is 18.4. The van der Waals surface area contributed by atoms with E-state index in [1.807, 2.05) is 0 Å². The first-order chi connectivity index (χ1) is 11.8. The quantitative estimate of drug-likeness (QED) is 0.710. The number of hydrogen-bond donors (Lipinski definition) is 2. The molecule has 5 nitrogen and oxygen atoms in total. The van der Waals surface area contributed by atoms with E-state index in [9.17, 15) is 13.2 Å². The Morgan fingerprint density at radius 1 is 1.16 bits per heavy atom. The van der Waals surface area contributed by atoms with E-state index in [-0.39, 0.29) is 28.3 Å². The minimum atomic E-state index is -3.71. The fraction of sp³-hybridized carbons (Fsp3) is 0.235. The molecular weight excluding hydrogens is 428 g/mol. The lowest BCUT2D eigenvalue weighted by Crippen LogP contribution is -2.23. The van der Waals surface area contributed by atoms with Gasteiger partial charge in [0.15, 0.2) is 0 Å². The molecule has 3 rings (SSSR count). The average molecular weight is 444 g/mol. The van der Waals surface area contributed by atoms with E-state index in [1.165, 1.54) is 12.1 Å². The van der Waals surface area contributed by atoms with Gasteiger partial charge in [-0.15, -0.1) is 0 Å². The Bertz CT molecular complexity index is 897. The molecule has 0 aliphatic heterocycles. The molecule has 1 aliphatic rings. The summed E-state index contributed by atoms with van der Waals surface area (Å²) >= 11 is 9.25. The van der Waals surface area contributed by atoms with Crippen LogP contribution in [0.1, 0.15) is 18.4 Å². The van der Waals surface area contributed by atoms with Crippen LogP contribution in [-0.2, 0) is 21.4 Å². The number of halogens is 2. The van der Waals surface area contributed by atoms with Gasteiger partial charge in [0.1, 0.15) is 4.90 Å². The average Bonchev–Trinajstić information content (AvgIpc) is 3.39. The summed E-state index contributed by atoms with van der Waals surface area (Å²) < 4.78 is 28.0. The Kier molecular flexibility index (Phi) is 5.48. The summed E-state index contributed by atoms with van der Waals surface area (Å²) in [6.45, 7) is 0.131. The zero-order valence-corrected chi connectivity index (χ0v) is 16.3. The number of carbonyl (C=O) groups excluding carboxylic acids is 1. The predicted octanol–water partition coefficient (Wildman–Crippen LogP) is 3.93. The SMILES string of the molecule is O=C(Nc1ccc(CNS(=O)(=O)c2ccc(Br)cc2Cl)cc1)C1CC1. The number of anilines is 1. The van der Waals surface area contributed by atoms with Gasteiger partial charge in [-0.2, -0.15) is 0 Å². The fourth-order valence-electron chi connectivity index (χ4n) is 2.25. The van der Waals surface area contributed by atoms with Crippen molar-refractivity contribution in [2.75, 3.05) is 5.32 Å². The molecule has 1 amide bonds. The maximum absolute atomic E-state index is 12.4. The van der Waals surface area contributed by atoms with Crippen molar-refractivity contribution in [3.8, 4) is 0 Å². The van der Waals surface area contributed by atoms with Crippen molar-refractivity contribution >= 4 is 49.1 Å². The Balaban J connectivity index is 1.63. The van der Waals surface area contributed by atoms with Crippen LogP contribution < -0.4 is 10.0 Å². The topological polar surface area (TPSA) is 75.3 Å². The maximum atomic E-state index is 12.4. The van der Waals surface area contributed by atoms with Crippen molar-refractivity contribution in [2.24, 2.45) is 5.92 Å². The summed E-state index contributed by atoms with van der Waals surface area (Å²) in [5.74, 6) is 0.181. The van der Waals surface area contributed by atoms with Crippen molar-refractivity contribution < 1.29 is 13.2 Å². The zero-order chi connectivity index (χ0) is 18.0. The molecule has 1 fully saturated rings. The second-order valence-electron chi connectivity index (χ2n) is 5.86. The van der Waals surface area contributed by atoms with Gasteiger partial charge in [-0.1, -0.05) is 39.7 Å². The Morgan fingerprint density at radius 3 is 2.44 bits per heavy atom. The number of nitrogens with one attached hydrogen (secondary N) is 2. The Morgan fingerprint density at radius 2 is 1.84 bits per heavy atom. The second-order valence-corrected chi connectivity index (χ2v) is 8.92. The highest BCUT2D eigenvalue weighted by atomic mass is 79.9. The van der Waals surface area contributed by atoms with E-state index in [0.29, 0.717) is 10.2 Å². The predicted molar refractivity (Wildman–Crippen MR) is 101 cm³/mol. The van der Waals surface area contributed by atoms with Crippen LogP contribution in [0.3, 0.4) is 0 Å². The van der Waals surface area contributed by atoms with E-state index in [0.717, 1.165) is 18.4 Å². The highest BCUT2D eigenvalue weighted by Gasteiger charge is 2.29. The fourth-order valence-corrected chi connectivity index (χ4v) is 4.30. The molecule has 0 radical (unpaired) electrons. The van der Waals surface area contributed by atoms with E-state index < -0.39 is 10.0 Å². The minimum Gasteiger partial charge on any atom is -0.326 e. The van der Waals surface area contributed by atoms with Gasteiger partial charge in [-0.25, -0.2) is 13.1 Å². The van der Waals surface area contributed by atoms with Gasteiger partial charge in [-0.3, -0.25) is 4.79 Å². The smallest absolute Gasteiger partial charge is 0.242 e. The van der Waals surface area contributed by atoms with Gasteiger partial charge in [-0.05, 0) is 48.7 Å². The van der Waals surface area contributed by atoms with Crippen molar-refractivity contribution in [1.82, 2.24) is 4.72 Å². The van der Waals surface area contributed by atoms with E-state index in [1.54, 1.807) is 30.3 Å². The molecule has 2 N–H and O–H groups in total. The lowest BCUT2D eigenvalue weighted by Gasteiger charge is -2.10. The van der Waals surface area contributed by atoms with Crippen LogP contribution in [-0.4, -0.2) is 14.3 Å². The molecule has 2 aromatic carbocycles. The van der Waals surface area contributed by atoms with Gasteiger partial charge < -0.3 is 5.32 Å². The molecule has 1 aliphatic carbocycles. The molecule has 0 unspecified atom stereocenters. The number of carbonyl (C=O) groups is 1. The first-order valence-electron chi connectivity index (χ1n) is 7.70. The summed E-state index contributed by atoms with van der Waals surface area (Å²) in [6, 6.07) is 11.7. The number of rotatable bonds is 6. The molecule has 0 bridgehead atoms. The van der Waals surface area contributed by atoms with Gasteiger partial charge >= 0.3 is 0 Å². The number of hydrogen-bond acceptors (Lipinski definition) is 3. The van der Waals surface area contributed by atoms with Gasteiger partial charge in [0, 0.05) is 22.6 Å². The first-order valence-corrected chi connectivity index (χ1v) is 10.3. The van der Waals surface area contributed by atoms with Crippen LogP contribution in [0.25, 0.3) is 0 Å². The van der Waals surface area contributed by atoms with Crippen LogP contribution in [0.2, 0.25) is 5.02 Å². The summed E-state index contributed by atoms with van der Waals surface area (Å²) in [5, 5.41) is 3.00. The van der Waals surface area contributed by atoms with Crippen molar-refractivity contribution in [1.29, 1.82) is 0 Å². The molecule has 0 aromatic heterocycles. The van der Waals surface area contributed by atoms with Gasteiger partial charge in [0.2, 0.25) is 15.9 Å². The van der Waals surface area contributed by atoms with Gasteiger partial charge in [0.25, 0.3) is 0 Å². The lowest BCUT2D eigenvalue weighted by molar-refractivity contribution is -0.117. The molecule has 0 heterocycles. The minimum absolute atomic E-state index is 0.0330. The zero-order valence-electron chi connectivity index (χ0n) is 13.1. The molecule has 0 spiro atoms. The van der Waals surface area contributed by atoms with E-state index in [4.69, 9.17) is 11.6 Å². The molecule has 132 valence electrons. The third-order valence-electron chi connectivity index (χ3n) is 3.82. The van der Waals surface area contributed by atoms with Crippen LogP contribution >= 0.6 is 27.5 Å². The summed E-state index contributed by atoms with van der Waals surface area (Å²) in [7, 11) is -3.71. The molecule has 0 saturated heterocycles. The normalized spacial score (nSPS) is 14.3. The van der Waals surface area contributed by atoms with Gasteiger partial charge in [0.05, 0.1) is 5.02 Å². The standard InChI is InChI=1S/C17H16BrClN2O3S/c18-13-5-8-16(15(19)9-13)25(23,24)20-10-11-1-6-14(7-2-11)21-17(22)12-3-4-12/h1-2,5-9,12,20H,3-4,10H2,(H,21,22). The monoisotopic (exact) mass is 442 g/mol. The molecule has 25 heavy (non-hydrogen) atoms. The molecule has 0 atom stereocenters. The van der Waals surface area contributed by atoms with Crippen LogP contribution in [0.15, 0.2) is 51.8 Å². The van der Waals surface area contributed by atoms with Crippen LogP contribution in [0.4, 0.5) is 5.69 Å². The van der Waals surface area contributed by atoms with Crippen molar-refractivity contribution in [2.45, 2.75) is 24.3 Å². The van der Waals surface area contributed by atoms with Crippen LogP contribution in [0.5, 0.6) is 0 Å². The number of sulfonamides is 1. The van der Waals surface area contributed by atoms with Crippen molar-refractivity contribution in [3.05, 3.63) is 57.5 Å². The summed E-state index contributed by atoms with van der Waals surface area (Å²) in [4.78, 5) is 11.7. The summed E-state index contributed by atoms with van der Waals surface area (Å²) in [6.07, 6.45) is 1.90. The Hall–Kier alpha value is -1.41. The third-order valence-corrected chi connectivity index (χ3v) is 6.20. The van der Waals surface area contributed by atoms with Crippen molar-refractivity contribution in [3.63, 3.8) is 0 Å². The van der Waals surface area contributed by atoms with E-state index in [2.05, 4.69) is 26.0 Å². The largest absolute Gasteiger partial charge is 0.326 e.